The lowest BCUT2D eigenvalue weighted by atomic mass is 10.00. The standard InChI is InChI=1S/C10H11ClN2S/c11-9-2-1-7(6-13-9)5-8-3-4-12-10(8)14/h1-2,6,8H,3-5H2,(H,12,14). The molecule has 1 aromatic rings. The Bertz CT molecular complexity index is 336. The fourth-order valence-electron chi connectivity index (χ4n) is 1.65. The maximum atomic E-state index is 5.71. The molecule has 1 atom stereocenters. The van der Waals surface area contributed by atoms with Gasteiger partial charge in [-0.2, -0.15) is 0 Å². The first-order chi connectivity index (χ1) is 6.75. The van der Waals surface area contributed by atoms with Crippen molar-refractivity contribution in [1.29, 1.82) is 0 Å². The Balaban J connectivity index is 2.03. The van der Waals surface area contributed by atoms with Gasteiger partial charge < -0.3 is 5.32 Å². The first-order valence-electron chi connectivity index (χ1n) is 4.64. The summed E-state index contributed by atoms with van der Waals surface area (Å²) in [5.41, 5.74) is 1.20. The normalized spacial score (nSPS) is 20.9. The Morgan fingerprint density at radius 3 is 3.00 bits per heavy atom. The second-order valence-electron chi connectivity index (χ2n) is 3.47. The van der Waals surface area contributed by atoms with E-state index < -0.39 is 0 Å². The van der Waals surface area contributed by atoms with E-state index in [0.717, 1.165) is 24.4 Å². The second kappa shape index (κ2) is 4.24. The average Bonchev–Trinajstić information content (AvgIpc) is 2.56. The molecule has 1 aliphatic heterocycles. The van der Waals surface area contributed by atoms with Crippen molar-refractivity contribution in [2.75, 3.05) is 6.54 Å². The van der Waals surface area contributed by atoms with Crippen LogP contribution in [-0.4, -0.2) is 16.5 Å². The van der Waals surface area contributed by atoms with E-state index in [9.17, 15) is 0 Å². The molecule has 1 N–H and O–H groups in total. The first-order valence-corrected chi connectivity index (χ1v) is 5.42. The Morgan fingerprint density at radius 1 is 1.57 bits per heavy atom. The zero-order valence-electron chi connectivity index (χ0n) is 7.66. The molecule has 0 spiro atoms. The van der Waals surface area contributed by atoms with Crippen LogP contribution in [0, 0.1) is 5.92 Å². The molecule has 0 radical (unpaired) electrons. The number of nitrogens with zero attached hydrogens (tertiary/aromatic N) is 1. The monoisotopic (exact) mass is 226 g/mol. The number of hydrogen-bond acceptors (Lipinski definition) is 2. The van der Waals surface area contributed by atoms with E-state index in [0.29, 0.717) is 11.1 Å². The van der Waals surface area contributed by atoms with Gasteiger partial charge in [-0.1, -0.05) is 29.9 Å². The van der Waals surface area contributed by atoms with Gasteiger partial charge in [-0.15, -0.1) is 0 Å². The molecule has 0 aliphatic carbocycles. The van der Waals surface area contributed by atoms with Gasteiger partial charge in [0, 0.05) is 18.7 Å². The number of nitrogens with one attached hydrogen (secondary N) is 1. The lowest BCUT2D eigenvalue weighted by molar-refractivity contribution is 0.685. The Hall–Kier alpha value is -0.670. The zero-order chi connectivity index (χ0) is 9.97. The number of aromatic nitrogens is 1. The average molecular weight is 227 g/mol. The minimum absolute atomic E-state index is 0.480. The summed E-state index contributed by atoms with van der Waals surface area (Å²) in [4.78, 5) is 5.03. The molecule has 1 fully saturated rings. The SMILES string of the molecule is S=C1NCCC1Cc1ccc(Cl)nc1. The Morgan fingerprint density at radius 2 is 2.43 bits per heavy atom. The van der Waals surface area contributed by atoms with E-state index in [-0.39, 0.29) is 0 Å². The fraction of sp³-hybridized carbons (Fsp3) is 0.400. The molecule has 1 unspecified atom stereocenters. The molecule has 2 heterocycles. The zero-order valence-corrected chi connectivity index (χ0v) is 9.24. The number of rotatable bonds is 2. The van der Waals surface area contributed by atoms with Crippen molar-refractivity contribution in [2.45, 2.75) is 12.8 Å². The first kappa shape index (κ1) is 9.87. The molecule has 74 valence electrons. The third-order valence-electron chi connectivity index (χ3n) is 2.43. The quantitative estimate of drug-likeness (QED) is 0.618. The maximum absolute atomic E-state index is 5.71. The van der Waals surface area contributed by atoms with Crippen LogP contribution in [0.2, 0.25) is 5.15 Å². The minimum atomic E-state index is 0.480. The lowest BCUT2D eigenvalue weighted by Crippen LogP contribution is -2.18. The van der Waals surface area contributed by atoms with E-state index in [1.54, 1.807) is 0 Å². The van der Waals surface area contributed by atoms with Crippen molar-refractivity contribution in [2.24, 2.45) is 5.92 Å². The van der Waals surface area contributed by atoms with Gasteiger partial charge in [0.1, 0.15) is 5.15 Å². The maximum Gasteiger partial charge on any atom is 0.129 e. The molecule has 1 aromatic heterocycles. The van der Waals surface area contributed by atoms with Crippen LogP contribution in [0.15, 0.2) is 18.3 Å². The summed E-state index contributed by atoms with van der Waals surface area (Å²) >= 11 is 10.9. The highest BCUT2D eigenvalue weighted by molar-refractivity contribution is 7.80. The van der Waals surface area contributed by atoms with Crippen molar-refractivity contribution < 1.29 is 0 Å². The molecule has 14 heavy (non-hydrogen) atoms. The van der Waals surface area contributed by atoms with Crippen LogP contribution in [0.4, 0.5) is 0 Å². The summed E-state index contributed by atoms with van der Waals surface area (Å²) in [5.74, 6) is 0.480. The van der Waals surface area contributed by atoms with Crippen LogP contribution in [0.25, 0.3) is 0 Å². The number of thiocarbonyl (C=S) groups is 1. The van der Waals surface area contributed by atoms with Gasteiger partial charge in [0.25, 0.3) is 0 Å². The predicted molar refractivity (Wildman–Crippen MR) is 61.7 cm³/mol. The lowest BCUT2D eigenvalue weighted by Gasteiger charge is -2.07. The van der Waals surface area contributed by atoms with E-state index in [2.05, 4.69) is 10.3 Å². The van der Waals surface area contributed by atoms with Crippen LogP contribution >= 0.6 is 23.8 Å². The topological polar surface area (TPSA) is 24.9 Å². The molecule has 4 heteroatoms. The van der Waals surface area contributed by atoms with Crippen molar-refractivity contribution in [3.05, 3.63) is 29.0 Å². The van der Waals surface area contributed by atoms with E-state index in [1.165, 1.54) is 5.56 Å². The molecule has 0 amide bonds. The summed E-state index contributed by atoms with van der Waals surface area (Å²) < 4.78 is 0. The summed E-state index contributed by atoms with van der Waals surface area (Å²) in [5, 5.41) is 3.73. The number of hydrogen-bond donors (Lipinski definition) is 1. The molecule has 2 rings (SSSR count). The second-order valence-corrected chi connectivity index (χ2v) is 4.30. The van der Waals surface area contributed by atoms with Gasteiger partial charge in [0.05, 0.1) is 4.99 Å². The summed E-state index contributed by atoms with van der Waals surface area (Å²) in [6.07, 6.45) is 3.92. The summed E-state index contributed by atoms with van der Waals surface area (Å²) in [7, 11) is 0. The third kappa shape index (κ3) is 2.22. The predicted octanol–water partition coefficient (Wildman–Crippen LogP) is 2.21. The minimum Gasteiger partial charge on any atom is -0.379 e. The molecular weight excluding hydrogens is 216 g/mol. The van der Waals surface area contributed by atoms with Crippen molar-refractivity contribution >= 4 is 28.8 Å². The summed E-state index contributed by atoms with van der Waals surface area (Å²) in [6.45, 7) is 1.00. The van der Waals surface area contributed by atoms with Gasteiger partial charge in [0.2, 0.25) is 0 Å². The van der Waals surface area contributed by atoms with E-state index in [4.69, 9.17) is 23.8 Å². The summed E-state index contributed by atoms with van der Waals surface area (Å²) in [6, 6.07) is 3.83. The van der Waals surface area contributed by atoms with Gasteiger partial charge >= 0.3 is 0 Å². The van der Waals surface area contributed by atoms with Crippen molar-refractivity contribution in [3.63, 3.8) is 0 Å². The Labute approximate surface area is 93.7 Å². The van der Waals surface area contributed by atoms with Crippen LogP contribution in [0.1, 0.15) is 12.0 Å². The fourth-order valence-corrected chi connectivity index (χ4v) is 2.07. The molecule has 0 aromatic carbocycles. The largest absolute Gasteiger partial charge is 0.379 e. The highest BCUT2D eigenvalue weighted by Gasteiger charge is 2.20. The Kier molecular flexibility index (Phi) is 2.99. The molecule has 1 aliphatic rings. The van der Waals surface area contributed by atoms with Crippen molar-refractivity contribution in [1.82, 2.24) is 10.3 Å². The third-order valence-corrected chi connectivity index (χ3v) is 3.13. The van der Waals surface area contributed by atoms with E-state index >= 15 is 0 Å². The van der Waals surface area contributed by atoms with Gasteiger partial charge in [-0.3, -0.25) is 0 Å². The van der Waals surface area contributed by atoms with E-state index in [1.807, 2.05) is 18.3 Å². The molecular formula is C10H11ClN2S. The molecule has 1 saturated heterocycles. The van der Waals surface area contributed by atoms with Gasteiger partial charge in [0.15, 0.2) is 0 Å². The van der Waals surface area contributed by atoms with Crippen LogP contribution in [0.3, 0.4) is 0 Å². The van der Waals surface area contributed by atoms with Crippen LogP contribution < -0.4 is 5.32 Å². The smallest absolute Gasteiger partial charge is 0.129 e. The van der Waals surface area contributed by atoms with Crippen LogP contribution in [0.5, 0.6) is 0 Å². The number of halogens is 1. The number of pyridine rings is 1. The highest BCUT2D eigenvalue weighted by atomic mass is 35.5. The molecule has 0 bridgehead atoms. The molecule has 2 nitrogen and oxygen atoms in total. The van der Waals surface area contributed by atoms with Crippen molar-refractivity contribution in [3.8, 4) is 0 Å². The molecule has 0 saturated carbocycles. The van der Waals surface area contributed by atoms with Crippen LogP contribution in [-0.2, 0) is 6.42 Å². The highest BCUT2D eigenvalue weighted by Crippen LogP contribution is 2.17. The van der Waals surface area contributed by atoms with Gasteiger partial charge in [-0.05, 0) is 24.5 Å². The van der Waals surface area contributed by atoms with Gasteiger partial charge in [-0.25, -0.2) is 4.98 Å².